The third kappa shape index (κ3) is 5.50. The van der Waals surface area contributed by atoms with Crippen LogP contribution in [0.1, 0.15) is 35.7 Å². The van der Waals surface area contributed by atoms with Crippen LogP contribution in [-0.2, 0) is 17.1 Å². The second-order valence-corrected chi connectivity index (χ2v) is 11.6. The largest absolute Gasteiger partial charge is 0.598 e. The first-order valence-electron chi connectivity index (χ1n) is 12.6. The summed E-state index contributed by atoms with van der Waals surface area (Å²) in [4.78, 5) is 27.4. The van der Waals surface area contributed by atoms with Crippen molar-refractivity contribution in [3.05, 3.63) is 76.2 Å². The first-order chi connectivity index (χ1) is 18.3. The lowest BCUT2D eigenvalue weighted by Crippen LogP contribution is -2.49. The maximum absolute atomic E-state index is 13.5. The number of carbonyl (C=O) groups is 1. The van der Waals surface area contributed by atoms with E-state index in [1.54, 1.807) is 24.4 Å². The second kappa shape index (κ2) is 10.7. The van der Waals surface area contributed by atoms with Gasteiger partial charge in [0.25, 0.3) is 5.91 Å². The summed E-state index contributed by atoms with van der Waals surface area (Å²) in [5.41, 5.74) is 13.6. The molecular weight excluding hydrogens is 504 g/mol. The van der Waals surface area contributed by atoms with Crippen LogP contribution in [0.25, 0.3) is 5.69 Å². The molecule has 1 saturated carbocycles. The van der Waals surface area contributed by atoms with E-state index in [2.05, 4.69) is 16.9 Å². The van der Waals surface area contributed by atoms with Gasteiger partial charge in [-0.2, -0.15) is 9.78 Å². The summed E-state index contributed by atoms with van der Waals surface area (Å²) in [6.45, 7) is 4.70. The van der Waals surface area contributed by atoms with Crippen molar-refractivity contribution in [1.82, 2.24) is 14.1 Å². The maximum atomic E-state index is 13.5. The molecule has 1 aliphatic heterocycles. The van der Waals surface area contributed by atoms with Gasteiger partial charge in [0.1, 0.15) is 5.69 Å². The number of carbonyl (C=O) groups excluding carboxylic acids is 1. The lowest BCUT2D eigenvalue weighted by molar-refractivity contribution is 0.100. The van der Waals surface area contributed by atoms with Gasteiger partial charge < -0.3 is 25.7 Å². The molecule has 5 rings (SSSR count). The number of aromatic nitrogens is 2. The highest BCUT2D eigenvalue weighted by Crippen LogP contribution is 2.45. The van der Waals surface area contributed by atoms with Gasteiger partial charge in [0, 0.05) is 41.1 Å². The maximum Gasteiger partial charge on any atom is 0.316 e. The minimum absolute atomic E-state index is 0.102. The number of ether oxygens (including phenoxy) is 1. The van der Waals surface area contributed by atoms with Gasteiger partial charge in [-0.3, -0.25) is 9.59 Å². The van der Waals surface area contributed by atoms with Crippen LogP contribution in [0.15, 0.2) is 59.5 Å². The van der Waals surface area contributed by atoms with Crippen LogP contribution in [0.5, 0.6) is 5.75 Å². The van der Waals surface area contributed by atoms with Crippen molar-refractivity contribution >= 4 is 28.6 Å². The molecule has 11 heteroatoms. The summed E-state index contributed by atoms with van der Waals surface area (Å²) in [5, 5.41) is 4.44. The van der Waals surface area contributed by atoms with Crippen molar-refractivity contribution < 1.29 is 14.1 Å². The van der Waals surface area contributed by atoms with Gasteiger partial charge in [0.05, 0.1) is 37.1 Å². The van der Waals surface area contributed by atoms with Crippen molar-refractivity contribution in [3.63, 3.8) is 0 Å². The Hall–Kier alpha value is -3.54. The summed E-state index contributed by atoms with van der Waals surface area (Å²) in [6, 6.07) is 14.3. The number of piperazine rings is 1. The quantitative estimate of drug-likeness (QED) is 0.313. The lowest BCUT2D eigenvalue weighted by Gasteiger charge is -2.36. The van der Waals surface area contributed by atoms with E-state index in [0.717, 1.165) is 12.8 Å². The third-order valence-electron chi connectivity index (χ3n) is 7.16. The molecule has 1 aromatic heterocycles. The molecule has 2 fully saturated rings. The normalized spacial score (nSPS) is 17.7. The SMILES string of the molecule is CC1(COc2c(N3CCN([S+]([O-])Cc4cccc(N)c4C(N)=O)CC3)cnn(-c3ccccc3)c2=O)CC1. The predicted molar refractivity (Wildman–Crippen MR) is 148 cm³/mol. The van der Waals surface area contributed by atoms with E-state index in [4.69, 9.17) is 16.2 Å². The van der Waals surface area contributed by atoms with Crippen LogP contribution in [-0.4, -0.2) is 57.3 Å². The van der Waals surface area contributed by atoms with Gasteiger partial charge >= 0.3 is 5.56 Å². The van der Waals surface area contributed by atoms with Gasteiger partial charge in [0.15, 0.2) is 5.75 Å². The number of rotatable bonds is 9. The van der Waals surface area contributed by atoms with E-state index < -0.39 is 17.3 Å². The van der Waals surface area contributed by atoms with Gasteiger partial charge in [0.2, 0.25) is 5.75 Å². The Kier molecular flexibility index (Phi) is 7.33. The van der Waals surface area contributed by atoms with Gasteiger partial charge in [-0.1, -0.05) is 37.3 Å². The minimum atomic E-state index is -1.38. The van der Waals surface area contributed by atoms with Crippen LogP contribution in [0.3, 0.4) is 0 Å². The molecule has 4 N–H and O–H groups in total. The Bertz CT molecular complexity index is 1370. The molecule has 2 aromatic carbocycles. The fourth-order valence-electron chi connectivity index (χ4n) is 4.55. The van der Waals surface area contributed by atoms with Crippen molar-refractivity contribution in [2.45, 2.75) is 25.5 Å². The molecule has 1 saturated heterocycles. The molecule has 0 bridgehead atoms. The van der Waals surface area contributed by atoms with Crippen molar-refractivity contribution in [1.29, 1.82) is 0 Å². The molecule has 1 unspecified atom stereocenters. The number of nitrogens with zero attached hydrogens (tertiary/aromatic N) is 4. The summed E-state index contributed by atoms with van der Waals surface area (Å²) in [6.07, 6.45) is 3.84. The zero-order valence-electron chi connectivity index (χ0n) is 21.3. The standard InChI is InChI=1S/C27H32N6O4S/c1-27(10-11-27)18-37-24-22(16-30-33(26(24)35)20-7-3-2-4-8-20)31-12-14-32(15-13-31)38(36)17-19-6-5-9-21(28)23(19)25(29)34/h2-9,16H,10-15,17-18,28H2,1H3,(H2,29,34). The van der Waals surface area contributed by atoms with E-state index in [1.165, 1.54) is 4.68 Å². The number of hydrogen-bond donors (Lipinski definition) is 2. The molecule has 10 nitrogen and oxygen atoms in total. The molecule has 1 atom stereocenters. The lowest BCUT2D eigenvalue weighted by atomic mass is 10.1. The number of hydrogen-bond acceptors (Lipinski definition) is 8. The zero-order chi connectivity index (χ0) is 26.9. The molecule has 0 radical (unpaired) electrons. The Morgan fingerprint density at radius 1 is 1.11 bits per heavy atom. The highest BCUT2D eigenvalue weighted by atomic mass is 32.2. The zero-order valence-corrected chi connectivity index (χ0v) is 22.2. The number of primary amides is 1. The average molecular weight is 537 g/mol. The van der Waals surface area contributed by atoms with Gasteiger partial charge in [-0.05, 0) is 31.0 Å². The fraction of sp³-hybridized carbons (Fsp3) is 0.370. The highest BCUT2D eigenvalue weighted by molar-refractivity contribution is 7.88. The molecular formula is C27H32N6O4S. The van der Waals surface area contributed by atoms with Crippen molar-refractivity contribution in [2.24, 2.45) is 11.1 Å². The molecule has 1 aliphatic carbocycles. The van der Waals surface area contributed by atoms with Crippen molar-refractivity contribution in [3.8, 4) is 11.4 Å². The van der Waals surface area contributed by atoms with Crippen molar-refractivity contribution in [2.75, 3.05) is 43.4 Å². The van der Waals surface area contributed by atoms with E-state index in [9.17, 15) is 14.1 Å². The Balaban J connectivity index is 1.32. The first kappa shape index (κ1) is 26.1. The number of amides is 1. The van der Waals surface area contributed by atoms with Gasteiger partial charge in [-0.15, -0.1) is 4.31 Å². The summed E-state index contributed by atoms with van der Waals surface area (Å²) in [7, 11) is 0. The van der Waals surface area contributed by atoms with Gasteiger partial charge in [-0.25, -0.2) is 0 Å². The number of nitrogens with two attached hydrogens (primary N) is 2. The van der Waals surface area contributed by atoms with E-state index in [-0.39, 0.29) is 33.7 Å². The average Bonchev–Trinajstić information content (AvgIpc) is 3.65. The van der Waals surface area contributed by atoms with E-state index in [1.807, 2.05) is 34.6 Å². The number of para-hydroxylation sites is 1. The van der Waals surface area contributed by atoms with Crippen LogP contribution < -0.4 is 26.7 Å². The Morgan fingerprint density at radius 3 is 2.47 bits per heavy atom. The van der Waals surface area contributed by atoms with Crippen LogP contribution >= 0.6 is 0 Å². The summed E-state index contributed by atoms with van der Waals surface area (Å²) < 4.78 is 22.6. The smallest absolute Gasteiger partial charge is 0.316 e. The molecule has 2 aliphatic rings. The van der Waals surface area contributed by atoms with E-state index >= 15 is 0 Å². The number of nitrogen functional groups attached to an aromatic ring is 1. The van der Waals surface area contributed by atoms with Crippen LogP contribution in [0.2, 0.25) is 0 Å². The van der Waals surface area contributed by atoms with Crippen LogP contribution in [0.4, 0.5) is 11.4 Å². The topological polar surface area (TPSA) is 143 Å². The number of benzene rings is 2. The highest BCUT2D eigenvalue weighted by Gasteiger charge is 2.39. The molecule has 200 valence electrons. The summed E-state index contributed by atoms with van der Waals surface area (Å²) in [5.74, 6) is -0.201. The molecule has 0 spiro atoms. The third-order valence-corrected chi connectivity index (χ3v) is 8.66. The first-order valence-corrected chi connectivity index (χ1v) is 13.9. The summed E-state index contributed by atoms with van der Waals surface area (Å²) >= 11 is -1.38. The Labute approximate surface area is 224 Å². The molecule has 38 heavy (non-hydrogen) atoms. The van der Waals surface area contributed by atoms with Crippen LogP contribution in [0, 0.1) is 5.41 Å². The molecule has 3 aromatic rings. The minimum Gasteiger partial charge on any atom is -0.598 e. The fourth-order valence-corrected chi connectivity index (χ4v) is 5.80. The second-order valence-electron chi connectivity index (χ2n) is 10.1. The molecule has 1 amide bonds. The monoisotopic (exact) mass is 536 g/mol. The Morgan fingerprint density at radius 2 is 1.82 bits per heavy atom. The molecule has 2 heterocycles. The van der Waals surface area contributed by atoms with E-state index in [0.29, 0.717) is 49.7 Å². The predicted octanol–water partition coefficient (Wildman–Crippen LogP) is 2.08. The number of anilines is 2.